The van der Waals surface area contributed by atoms with E-state index >= 15 is 0 Å². The van der Waals surface area contributed by atoms with Crippen molar-refractivity contribution < 1.29 is 29.0 Å². The second kappa shape index (κ2) is 7.29. The Balaban J connectivity index is 3.26. The number of carbonyl (C=O) groups excluding carboxylic acids is 1. The number of carbonyl (C=O) groups is 1. The predicted molar refractivity (Wildman–Crippen MR) is 72.7 cm³/mol. The number of nitrogens with zero attached hydrogens (tertiary/aromatic N) is 1. The van der Waals surface area contributed by atoms with E-state index in [0.29, 0.717) is 0 Å². The average Bonchev–Trinajstić information content (AvgIpc) is 2.50. The lowest BCUT2D eigenvalue weighted by molar-refractivity contribution is -0.384. The second-order valence-corrected chi connectivity index (χ2v) is 3.88. The van der Waals surface area contributed by atoms with E-state index in [1.165, 1.54) is 20.3 Å². The summed E-state index contributed by atoms with van der Waals surface area (Å²) in [7, 11) is 3.87. The van der Waals surface area contributed by atoms with Crippen molar-refractivity contribution in [1.82, 2.24) is 0 Å². The number of nitro benzene ring substituents is 1. The van der Waals surface area contributed by atoms with Crippen molar-refractivity contribution in [3.05, 3.63) is 22.2 Å². The first kappa shape index (κ1) is 16.5. The van der Waals surface area contributed by atoms with E-state index in [1.54, 1.807) is 0 Å². The number of aliphatic hydroxyl groups is 1. The number of esters is 1. The molecule has 1 atom stereocenters. The van der Waals surface area contributed by atoms with Crippen molar-refractivity contribution in [2.45, 2.75) is 6.04 Å². The summed E-state index contributed by atoms with van der Waals surface area (Å²) in [6, 6.07) is 1.34. The van der Waals surface area contributed by atoms with Gasteiger partial charge >= 0.3 is 5.97 Å². The molecule has 0 bridgehead atoms. The van der Waals surface area contributed by atoms with E-state index in [0.717, 1.165) is 13.2 Å². The number of ether oxygens (including phenoxy) is 3. The quantitative estimate of drug-likeness (QED) is 0.425. The molecule has 0 heterocycles. The van der Waals surface area contributed by atoms with Gasteiger partial charge in [0.2, 0.25) is 0 Å². The number of nitro groups is 1. The third-order valence-electron chi connectivity index (χ3n) is 2.70. The molecule has 116 valence electrons. The van der Waals surface area contributed by atoms with Gasteiger partial charge in [-0.25, -0.2) is 4.79 Å². The van der Waals surface area contributed by atoms with Crippen LogP contribution >= 0.6 is 0 Å². The van der Waals surface area contributed by atoms with E-state index in [1.807, 2.05) is 0 Å². The lowest BCUT2D eigenvalue weighted by Crippen LogP contribution is -2.34. The molecule has 0 aromatic heterocycles. The molecular weight excluding hydrogens is 284 g/mol. The van der Waals surface area contributed by atoms with Gasteiger partial charge in [0.05, 0.1) is 38.9 Å². The van der Waals surface area contributed by atoms with Crippen LogP contribution in [0.1, 0.15) is 0 Å². The van der Waals surface area contributed by atoms with Gasteiger partial charge in [0, 0.05) is 6.07 Å². The first-order valence-electron chi connectivity index (χ1n) is 5.84. The van der Waals surface area contributed by atoms with Gasteiger partial charge in [0.15, 0.2) is 11.5 Å². The van der Waals surface area contributed by atoms with E-state index in [4.69, 9.17) is 14.6 Å². The standard InChI is InChI=1S/C12H16N2O7/c1-19-10-4-7(13-8(6-15)12(16)21-3)9(14(17)18)5-11(10)20-2/h4-5,8,13,15H,6H2,1-3H3. The number of anilines is 1. The van der Waals surface area contributed by atoms with Gasteiger partial charge in [-0.05, 0) is 0 Å². The number of aliphatic hydroxyl groups excluding tert-OH is 1. The topological polar surface area (TPSA) is 120 Å². The fraction of sp³-hybridized carbons (Fsp3) is 0.417. The van der Waals surface area contributed by atoms with Crippen LogP contribution in [0.25, 0.3) is 0 Å². The Kier molecular flexibility index (Phi) is 5.73. The highest BCUT2D eigenvalue weighted by Gasteiger charge is 2.25. The molecule has 0 aliphatic carbocycles. The van der Waals surface area contributed by atoms with Crippen molar-refractivity contribution in [2.75, 3.05) is 33.3 Å². The molecule has 0 amide bonds. The van der Waals surface area contributed by atoms with Gasteiger partial charge in [-0.2, -0.15) is 0 Å². The molecule has 21 heavy (non-hydrogen) atoms. The molecule has 0 spiro atoms. The number of rotatable bonds is 7. The van der Waals surface area contributed by atoms with Crippen LogP contribution in [-0.2, 0) is 9.53 Å². The Morgan fingerprint density at radius 1 is 1.33 bits per heavy atom. The summed E-state index contributed by atoms with van der Waals surface area (Å²) >= 11 is 0. The van der Waals surface area contributed by atoms with Crippen LogP contribution in [0.2, 0.25) is 0 Å². The Hall–Kier alpha value is -2.55. The zero-order valence-electron chi connectivity index (χ0n) is 11.8. The van der Waals surface area contributed by atoms with E-state index < -0.39 is 23.5 Å². The van der Waals surface area contributed by atoms with Crippen LogP contribution in [-0.4, -0.2) is 50.0 Å². The Morgan fingerprint density at radius 3 is 2.33 bits per heavy atom. The number of hydrogen-bond donors (Lipinski definition) is 2. The summed E-state index contributed by atoms with van der Waals surface area (Å²) in [5.41, 5.74) is -0.322. The van der Waals surface area contributed by atoms with Crippen LogP contribution in [0.15, 0.2) is 12.1 Å². The molecule has 0 aliphatic rings. The summed E-state index contributed by atoms with van der Waals surface area (Å²) in [4.78, 5) is 21.9. The van der Waals surface area contributed by atoms with Crippen LogP contribution in [0.5, 0.6) is 11.5 Å². The van der Waals surface area contributed by atoms with Gasteiger partial charge in [-0.1, -0.05) is 0 Å². The van der Waals surface area contributed by atoms with Crippen molar-refractivity contribution in [1.29, 1.82) is 0 Å². The highest BCUT2D eigenvalue weighted by molar-refractivity contribution is 5.81. The first-order chi connectivity index (χ1) is 9.98. The molecule has 0 saturated carbocycles. The predicted octanol–water partition coefficient (Wildman–Crippen LogP) is 0.558. The molecule has 1 aromatic carbocycles. The smallest absolute Gasteiger partial charge is 0.330 e. The molecule has 2 N–H and O–H groups in total. The summed E-state index contributed by atoms with van der Waals surface area (Å²) < 4.78 is 14.5. The average molecular weight is 300 g/mol. The molecule has 9 heteroatoms. The van der Waals surface area contributed by atoms with Crippen molar-refractivity contribution in [3.8, 4) is 11.5 Å². The van der Waals surface area contributed by atoms with E-state index in [2.05, 4.69) is 10.1 Å². The minimum Gasteiger partial charge on any atom is -0.493 e. The molecule has 9 nitrogen and oxygen atoms in total. The highest BCUT2D eigenvalue weighted by atomic mass is 16.6. The zero-order chi connectivity index (χ0) is 16.0. The maximum atomic E-state index is 11.4. The molecule has 1 aromatic rings. The van der Waals surface area contributed by atoms with Gasteiger partial charge in [-0.15, -0.1) is 0 Å². The molecular formula is C12H16N2O7. The van der Waals surface area contributed by atoms with Gasteiger partial charge in [0.1, 0.15) is 11.7 Å². The van der Waals surface area contributed by atoms with E-state index in [9.17, 15) is 14.9 Å². The maximum Gasteiger partial charge on any atom is 0.330 e. The summed E-state index contributed by atoms with van der Waals surface area (Å²) in [5, 5.41) is 22.8. The number of methoxy groups -OCH3 is 3. The monoisotopic (exact) mass is 300 g/mol. The minimum absolute atomic E-state index is 0.00194. The molecule has 1 rings (SSSR count). The second-order valence-electron chi connectivity index (χ2n) is 3.88. The van der Waals surface area contributed by atoms with Gasteiger partial charge in [0.25, 0.3) is 5.69 Å². The normalized spacial score (nSPS) is 11.4. The zero-order valence-corrected chi connectivity index (χ0v) is 11.8. The van der Waals surface area contributed by atoms with Crippen LogP contribution < -0.4 is 14.8 Å². The largest absolute Gasteiger partial charge is 0.493 e. The van der Waals surface area contributed by atoms with Crippen LogP contribution in [0.4, 0.5) is 11.4 Å². The van der Waals surface area contributed by atoms with Gasteiger partial charge in [-0.3, -0.25) is 10.1 Å². The highest BCUT2D eigenvalue weighted by Crippen LogP contribution is 2.37. The van der Waals surface area contributed by atoms with Crippen LogP contribution in [0.3, 0.4) is 0 Å². The fourth-order valence-electron chi connectivity index (χ4n) is 1.64. The first-order valence-corrected chi connectivity index (χ1v) is 5.84. The molecule has 0 fully saturated rings. The maximum absolute atomic E-state index is 11.4. The SMILES string of the molecule is COC(=O)C(CO)Nc1cc(OC)c(OC)cc1[N+](=O)[O-]. The third kappa shape index (κ3) is 3.72. The Bertz CT molecular complexity index is 533. The minimum atomic E-state index is -1.13. The van der Waals surface area contributed by atoms with Crippen LogP contribution in [0, 0.1) is 10.1 Å². The fourth-order valence-corrected chi connectivity index (χ4v) is 1.64. The number of benzene rings is 1. The molecule has 0 radical (unpaired) electrons. The summed E-state index contributed by atoms with van der Waals surface area (Å²) in [5.74, 6) is -0.331. The molecule has 1 unspecified atom stereocenters. The lowest BCUT2D eigenvalue weighted by Gasteiger charge is -2.16. The van der Waals surface area contributed by atoms with Crippen molar-refractivity contribution in [3.63, 3.8) is 0 Å². The molecule has 0 aliphatic heterocycles. The summed E-state index contributed by atoms with van der Waals surface area (Å²) in [6.07, 6.45) is 0. The van der Waals surface area contributed by atoms with Crippen molar-refractivity contribution in [2.24, 2.45) is 0 Å². The molecule has 0 saturated heterocycles. The summed E-state index contributed by atoms with van der Waals surface area (Å²) in [6.45, 7) is -0.585. The van der Waals surface area contributed by atoms with Gasteiger partial charge < -0.3 is 24.6 Å². The Morgan fingerprint density at radius 2 is 1.90 bits per heavy atom. The number of nitrogens with one attached hydrogen (secondary N) is 1. The van der Waals surface area contributed by atoms with E-state index in [-0.39, 0.29) is 22.9 Å². The third-order valence-corrected chi connectivity index (χ3v) is 2.70. The van der Waals surface area contributed by atoms with Crippen molar-refractivity contribution >= 4 is 17.3 Å². The lowest BCUT2D eigenvalue weighted by atomic mass is 10.2. The Labute approximate surface area is 120 Å². The number of hydrogen-bond acceptors (Lipinski definition) is 8.